The summed E-state index contributed by atoms with van der Waals surface area (Å²) < 4.78 is 0. The van der Waals surface area contributed by atoms with Gasteiger partial charge < -0.3 is 10.6 Å². The van der Waals surface area contributed by atoms with Crippen LogP contribution < -0.4 is 10.6 Å². The molecule has 0 radical (unpaired) electrons. The van der Waals surface area contributed by atoms with Crippen molar-refractivity contribution in [2.24, 2.45) is 5.92 Å². The van der Waals surface area contributed by atoms with Crippen LogP contribution in [-0.2, 0) is 0 Å². The van der Waals surface area contributed by atoms with Gasteiger partial charge in [0, 0.05) is 19.8 Å². The molecule has 0 bridgehead atoms. The Morgan fingerprint density at radius 1 is 1.53 bits per heavy atom. The summed E-state index contributed by atoms with van der Waals surface area (Å²) >= 11 is 0. The maximum atomic E-state index is 8.76. The first-order valence-electron chi connectivity index (χ1n) is 6.07. The molecular weight excluding hydrogens is 212 g/mol. The van der Waals surface area contributed by atoms with Crippen molar-refractivity contribution in [3.63, 3.8) is 0 Å². The first-order chi connectivity index (χ1) is 8.20. The summed E-state index contributed by atoms with van der Waals surface area (Å²) in [6, 6.07) is 3.73. The van der Waals surface area contributed by atoms with Gasteiger partial charge in [-0.1, -0.05) is 12.8 Å². The number of anilines is 2. The normalized spacial score (nSPS) is 15.8. The number of rotatable bonds is 3. The zero-order valence-electron chi connectivity index (χ0n) is 10.2. The summed E-state index contributed by atoms with van der Waals surface area (Å²) in [6.07, 6.45) is 6.88. The van der Waals surface area contributed by atoms with Gasteiger partial charge in [0.1, 0.15) is 6.07 Å². The molecule has 4 nitrogen and oxygen atoms in total. The van der Waals surface area contributed by atoms with Crippen molar-refractivity contribution >= 4 is 11.5 Å². The lowest BCUT2D eigenvalue weighted by atomic mass is 10.1. The number of nitrogens with zero attached hydrogens (tertiary/aromatic N) is 3. The van der Waals surface area contributed by atoms with Gasteiger partial charge in [-0.05, 0) is 24.8 Å². The van der Waals surface area contributed by atoms with Gasteiger partial charge >= 0.3 is 0 Å². The third-order valence-corrected chi connectivity index (χ3v) is 3.39. The first kappa shape index (κ1) is 11.7. The van der Waals surface area contributed by atoms with Gasteiger partial charge in [0.2, 0.25) is 0 Å². The summed E-state index contributed by atoms with van der Waals surface area (Å²) in [5.74, 6) is 1.55. The number of nitriles is 1. The summed E-state index contributed by atoms with van der Waals surface area (Å²) in [4.78, 5) is 6.37. The van der Waals surface area contributed by atoms with E-state index < -0.39 is 0 Å². The monoisotopic (exact) mass is 230 g/mol. The smallest absolute Gasteiger partial charge is 0.151 e. The van der Waals surface area contributed by atoms with E-state index in [1.807, 2.05) is 13.1 Å². The van der Waals surface area contributed by atoms with Crippen molar-refractivity contribution in [3.05, 3.63) is 17.8 Å². The summed E-state index contributed by atoms with van der Waals surface area (Å²) in [6.45, 7) is 1.00. The lowest BCUT2D eigenvalue weighted by Gasteiger charge is -2.23. The van der Waals surface area contributed by atoms with Gasteiger partial charge in [-0.3, -0.25) is 0 Å². The first-order valence-corrected chi connectivity index (χ1v) is 6.07. The molecule has 1 saturated carbocycles. The molecule has 0 saturated heterocycles. The van der Waals surface area contributed by atoms with Crippen LogP contribution in [0.3, 0.4) is 0 Å². The van der Waals surface area contributed by atoms with Crippen LogP contribution in [0.2, 0.25) is 0 Å². The molecule has 2 rings (SSSR count). The molecule has 0 amide bonds. The average molecular weight is 230 g/mol. The minimum absolute atomic E-state index is 0.514. The second-order valence-corrected chi connectivity index (χ2v) is 4.78. The molecule has 1 aromatic rings. The van der Waals surface area contributed by atoms with Crippen LogP contribution in [-0.4, -0.2) is 18.6 Å². The fourth-order valence-corrected chi connectivity index (χ4v) is 2.52. The summed E-state index contributed by atoms with van der Waals surface area (Å²) in [7, 11) is 2.02. The predicted molar refractivity (Wildman–Crippen MR) is 68.6 cm³/mol. The molecule has 1 aromatic heterocycles. The molecular formula is C13H18N4. The molecule has 0 atom stereocenters. The Kier molecular flexibility index (Phi) is 3.48. The highest BCUT2D eigenvalue weighted by molar-refractivity contribution is 5.64. The molecule has 17 heavy (non-hydrogen) atoms. The van der Waals surface area contributed by atoms with E-state index in [1.165, 1.54) is 25.7 Å². The second kappa shape index (κ2) is 5.05. The molecule has 0 unspecified atom stereocenters. The van der Waals surface area contributed by atoms with Crippen molar-refractivity contribution < 1.29 is 0 Å². The Morgan fingerprint density at radius 3 is 2.82 bits per heavy atom. The minimum atomic E-state index is 0.514. The molecule has 4 heteroatoms. The highest BCUT2D eigenvalue weighted by Gasteiger charge is 2.18. The Labute approximate surface area is 102 Å². The van der Waals surface area contributed by atoms with E-state index in [1.54, 1.807) is 12.3 Å². The fraction of sp³-hybridized carbons (Fsp3) is 0.538. The number of pyridine rings is 1. The minimum Gasteiger partial charge on any atom is -0.396 e. The molecule has 1 aliphatic rings. The molecule has 1 fully saturated rings. The Bertz CT molecular complexity index is 430. The molecule has 90 valence electrons. The summed E-state index contributed by atoms with van der Waals surface area (Å²) in [5, 5.41) is 8.76. The zero-order valence-corrected chi connectivity index (χ0v) is 10.2. The largest absolute Gasteiger partial charge is 0.396 e. The van der Waals surface area contributed by atoms with Crippen molar-refractivity contribution in [3.8, 4) is 6.07 Å². The Morgan fingerprint density at radius 2 is 2.24 bits per heavy atom. The van der Waals surface area contributed by atoms with Crippen LogP contribution >= 0.6 is 0 Å². The second-order valence-electron chi connectivity index (χ2n) is 4.78. The molecule has 1 heterocycles. The molecule has 0 aliphatic heterocycles. The highest BCUT2D eigenvalue weighted by Crippen LogP contribution is 2.28. The molecule has 1 aliphatic carbocycles. The van der Waals surface area contributed by atoms with E-state index in [9.17, 15) is 0 Å². The van der Waals surface area contributed by atoms with Crippen molar-refractivity contribution in [1.82, 2.24) is 4.98 Å². The Hall–Kier alpha value is -1.76. The van der Waals surface area contributed by atoms with Crippen LogP contribution in [0.25, 0.3) is 0 Å². The number of aromatic nitrogens is 1. The van der Waals surface area contributed by atoms with Crippen molar-refractivity contribution in [2.75, 3.05) is 24.2 Å². The zero-order chi connectivity index (χ0) is 12.3. The Balaban J connectivity index is 2.08. The van der Waals surface area contributed by atoms with E-state index in [0.29, 0.717) is 11.3 Å². The van der Waals surface area contributed by atoms with E-state index >= 15 is 0 Å². The molecule has 0 aromatic carbocycles. The number of hydrogen-bond donors (Lipinski definition) is 1. The van der Waals surface area contributed by atoms with Gasteiger partial charge in [0.15, 0.2) is 5.82 Å². The van der Waals surface area contributed by atoms with Gasteiger partial charge in [-0.25, -0.2) is 4.98 Å². The maximum Gasteiger partial charge on any atom is 0.151 e. The average Bonchev–Trinajstić information content (AvgIpc) is 2.81. The number of hydrogen-bond acceptors (Lipinski definition) is 4. The number of nitrogen functional groups attached to an aromatic ring is 1. The van der Waals surface area contributed by atoms with E-state index in [-0.39, 0.29) is 0 Å². The molecule has 0 spiro atoms. The third-order valence-electron chi connectivity index (χ3n) is 3.39. The van der Waals surface area contributed by atoms with Gasteiger partial charge in [0.25, 0.3) is 0 Å². The number of nitrogens with two attached hydrogens (primary N) is 1. The third kappa shape index (κ3) is 2.68. The predicted octanol–water partition coefficient (Wildman–Crippen LogP) is 2.16. The van der Waals surface area contributed by atoms with E-state index in [0.717, 1.165) is 18.3 Å². The SMILES string of the molecule is CN(CC1CCCC1)c1ncc(C#N)cc1N. The van der Waals surface area contributed by atoms with Gasteiger partial charge in [0.05, 0.1) is 11.3 Å². The van der Waals surface area contributed by atoms with Crippen LogP contribution in [0.15, 0.2) is 12.3 Å². The van der Waals surface area contributed by atoms with Gasteiger partial charge in [-0.15, -0.1) is 0 Å². The quantitative estimate of drug-likeness (QED) is 0.864. The fourth-order valence-electron chi connectivity index (χ4n) is 2.52. The van der Waals surface area contributed by atoms with E-state index in [4.69, 9.17) is 11.0 Å². The van der Waals surface area contributed by atoms with E-state index in [2.05, 4.69) is 9.88 Å². The van der Waals surface area contributed by atoms with Crippen LogP contribution in [0.1, 0.15) is 31.2 Å². The van der Waals surface area contributed by atoms with Crippen LogP contribution in [0.4, 0.5) is 11.5 Å². The van der Waals surface area contributed by atoms with Gasteiger partial charge in [-0.2, -0.15) is 5.26 Å². The lowest BCUT2D eigenvalue weighted by molar-refractivity contribution is 0.545. The van der Waals surface area contributed by atoms with Crippen LogP contribution in [0, 0.1) is 17.2 Å². The molecule has 2 N–H and O–H groups in total. The summed E-state index contributed by atoms with van der Waals surface area (Å²) in [5.41, 5.74) is 7.02. The lowest BCUT2D eigenvalue weighted by Crippen LogP contribution is -2.25. The maximum absolute atomic E-state index is 8.76. The standard InChI is InChI=1S/C13H18N4/c1-17(9-10-4-2-3-5-10)13-12(15)6-11(7-14)8-16-13/h6,8,10H,2-5,9,15H2,1H3. The van der Waals surface area contributed by atoms with Crippen LogP contribution in [0.5, 0.6) is 0 Å². The topological polar surface area (TPSA) is 65.9 Å². The van der Waals surface area contributed by atoms with Crippen molar-refractivity contribution in [2.45, 2.75) is 25.7 Å². The van der Waals surface area contributed by atoms with Crippen molar-refractivity contribution in [1.29, 1.82) is 5.26 Å². The highest BCUT2D eigenvalue weighted by atomic mass is 15.2.